The molecule has 0 amide bonds. The summed E-state index contributed by atoms with van der Waals surface area (Å²) in [5.41, 5.74) is 1.18. The Hall–Kier alpha value is -1.03. The topological polar surface area (TPSA) is 21.3 Å². The zero-order chi connectivity index (χ0) is 13.5. The third-order valence-corrected chi connectivity index (χ3v) is 3.85. The zero-order valence-electron chi connectivity index (χ0n) is 11.0. The van der Waals surface area contributed by atoms with E-state index < -0.39 is 0 Å². The standard InChI is InChI=1S/C15H18ClNOS/c1-2-7-17-10-12-5-6-15(14(16)9-12)18-11-13-4-3-8-19-13/h3-6,8-9,17H,2,7,10-11H2,1H3. The average molecular weight is 296 g/mol. The molecule has 102 valence electrons. The summed E-state index contributed by atoms with van der Waals surface area (Å²) in [5, 5.41) is 6.07. The van der Waals surface area contributed by atoms with Crippen molar-refractivity contribution in [3.63, 3.8) is 0 Å². The molecule has 0 radical (unpaired) electrons. The molecule has 19 heavy (non-hydrogen) atoms. The van der Waals surface area contributed by atoms with Gasteiger partial charge in [0.05, 0.1) is 5.02 Å². The number of hydrogen-bond donors (Lipinski definition) is 1. The molecule has 0 saturated heterocycles. The van der Waals surface area contributed by atoms with Gasteiger partial charge in [-0.15, -0.1) is 11.3 Å². The van der Waals surface area contributed by atoms with Gasteiger partial charge in [0.2, 0.25) is 0 Å². The monoisotopic (exact) mass is 295 g/mol. The molecular formula is C15H18ClNOS. The van der Waals surface area contributed by atoms with Gasteiger partial charge in [0.25, 0.3) is 0 Å². The van der Waals surface area contributed by atoms with Gasteiger partial charge in [-0.3, -0.25) is 0 Å². The molecule has 0 aliphatic rings. The minimum absolute atomic E-state index is 0.574. The maximum atomic E-state index is 6.23. The highest BCUT2D eigenvalue weighted by Crippen LogP contribution is 2.26. The Bertz CT molecular complexity index is 499. The second-order valence-electron chi connectivity index (χ2n) is 4.31. The van der Waals surface area contributed by atoms with Gasteiger partial charge >= 0.3 is 0 Å². The second-order valence-corrected chi connectivity index (χ2v) is 5.75. The summed E-state index contributed by atoms with van der Waals surface area (Å²) in [7, 11) is 0. The van der Waals surface area contributed by atoms with Crippen LogP contribution < -0.4 is 10.1 Å². The van der Waals surface area contributed by atoms with Gasteiger partial charge < -0.3 is 10.1 Å². The lowest BCUT2D eigenvalue weighted by Crippen LogP contribution is -2.13. The second kappa shape index (κ2) is 7.53. The number of thiophene rings is 1. The molecule has 4 heteroatoms. The average Bonchev–Trinajstić information content (AvgIpc) is 2.91. The summed E-state index contributed by atoms with van der Waals surface area (Å²) in [6, 6.07) is 10.0. The van der Waals surface area contributed by atoms with E-state index in [9.17, 15) is 0 Å². The van der Waals surface area contributed by atoms with Crippen LogP contribution in [0.3, 0.4) is 0 Å². The van der Waals surface area contributed by atoms with Gasteiger partial charge in [-0.1, -0.05) is 30.7 Å². The normalized spacial score (nSPS) is 10.6. The zero-order valence-corrected chi connectivity index (χ0v) is 12.6. The quantitative estimate of drug-likeness (QED) is 0.761. The van der Waals surface area contributed by atoms with Crippen LogP contribution >= 0.6 is 22.9 Å². The number of hydrogen-bond acceptors (Lipinski definition) is 3. The van der Waals surface area contributed by atoms with Crippen LogP contribution in [0.25, 0.3) is 0 Å². The number of ether oxygens (including phenoxy) is 1. The van der Waals surface area contributed by atoms with Crippen LogP contribution in [-0.2, 0) is 13.2 Å². The molecule has 0 aliphatic carbocycles. The number of halogens is 1. The van der Waals surface area contributed by atoms with E-state index >= 15 is 0 Å². The van der Waals surface area contributed by atoms with Gasteiger partial charge in [0, 0.05) is 11.4 Å². The summed E-state index contributed by atoms with van der Waals surface area (Å²) >= 11 is 7.92. The number of nitrogens with one attached hydrogen (secondary N) is 1. The summed E-state index contributed by atoms with van der Waals surface area (Å²) in [4.78, 5) is 1.20. The Morgan fingerprint density at radius 1 is 1.32 bits per heavy atom. The summed E-state index contributed by atoms with van der Waals surface area (Å²) < 4.78 is 5.72. The molecule has 0 fully saturated rings. The van der Waals surface area contributed by atoms with Crippen LogP contribution in [0, 0.1) is 0 Å². The van der Waals surface area contributed by atoms with Crippen molar-refractivity contribution in [3.8, 4) is 5.75 Å². The molecule has 0 atom stereocenters. The molecule has 2 rings (SSSR count). The maximum absolute atomic E-state index is 6.23. The van der Waals surface area contributed by atoms with Crippen molar-refractivity contribution < 1.29 is 4.74 Å². The van der Waals surface area contributed by atoms with Crippen molar-refractivity contribution in [2.75, 3.05) is 6.54 Å². The van der Waals surface area contributed by atoms with E-state index in [1.165, 1.54) is 10.4 Å². The molecule has 0 saturated carbocycles. The highest BCUT2D eigenvalue weighted by molar-refractivity contribution is 7.09. The van der Waals surface area contributed by atoms with E-state index in [0.29, 0.717) is 11.6 Å². The maximum Gasteiger partial charge on any atom is 0.138 e. The van der Waals surface area contributed by atoms with Gasteiger partial charge in [-0.05, 0) is 42.1 Å². The molecule has 0 spiro atoms. The molecule has 0 bridgehead atoms. The fourth-order valence-corrected chi connectivity index (χ4v) is 2.60. The van der Waals surface area contributed by atoms with Crippen molar-refractivity contribution in [2.24, 2.45) is 0 Å². The number of rotatable bonds is 7. The molecule has 1 aromatic carbocycles. The molecule has 2 aromatic rings. The Morgan fingerprint density at radius 2 is 2.21 bits per heavy atom. The van der Waals surface area contributed by atoms with Crippen LogP contribution in [0.4, 0.5) is 0 Å². The lowest BCUT2D eigenvalue weighted by Gasteiger charge is -2.09. The van der Waals surface area contributed by atoms with Crippen molar-refractivity contribution in [3.05, 3.63) is 51.2 Å². The summed E-state index contributed by atoms with van der Waals surface area (Å²) in [6.07, 6.45) is 1.13. The van der Waals surface area contributed by atoms with E-state index in [2.05, 4.69) is 24.4 Å². The smallest absolute Gasteiger partial charge is 0.138 e. The molecule has 1 aromatic heterocycles. The van der Waals surface area contributed by atoms with Crippen LogP contribution in [0.15, 0.2) is 35.7 Å². The van der Waals surface area contributed by atoms with Crippen LogP contribution in [0.5, 0.6) is 5.75 Å². The van der Waals surface area contributed by atoms with Crippen LogP contribution in [0.1, 0.15) is 23.8 Å². The molecular weight excluding hydrogens is 278 g/mol. The number of benzene rings is 1. The predicted octanol–water partition coefficient (Wildman–Crippen LogP) is 4.48. The molecule has 1 heterocycles. The van der Waals surface area contributed by atoms with Gasteiger partial charge in [0.15, 0.2) is 0 Å². The fraction of sp³-hybridized carbons (Fsp3) is 0.333. The lowest BCUT2D eigenvalue weighted by atomic mass is 10.2. The van der Waals surface area contributed by atoms with E-state index in [0.717, 1.165) is 25.3 Å². The van der Waals surface area contributed by atoms with Gasteiger partial charge in [-0.25, -0.2) is 0 Å². The molecule has 0 aliphatic heterocycles. The predicted molar refractivity (Wildman–Crippen MR) is 82.1 cm³/mol. The first-order chi connectivity index (χ1) is 9.29. The lowest BCUT2D eigenvalue weighted by molar-refractivity contribution is 0.310. The first-order valence-corrected chi connectivity index (χ1v) is 7.69. The van der Waals surface area contributed by atoms with Crippen LogP contribution in [-0.4, -0.2) is 6.54 Å². The first-order valence-electron chi connectivity index (χ1n) is 6.44. The van der Waals surface area contributed by atoms with E-state index in [4.69, 9.17) is 16.3 Å². The molecule has 0 unspecified atom stereocenters. The van der Waals surface area contributed by atoms with Crippen molar-refractivity contribution in [1.82, 2.24) is 5.32 Å². The Labute approximate surface area is 123 Å². The third kappa shape index (κ3) is 4.53. The van der Waals surface area contributed by atoms with E-state index in [-0.39, 0.29) is 0 Å². The van der Waals surface area contributed by atoms with Crippen molar-refractivity contribution >= 4 is 22.9 Å². The highest BCUT2D eigenvalue weighted by atomic mass is 35.5. The summed E-state index contributed by atoms with van der Waals surface area (Å²) in [6.45, 7) is 4.60. The SMILES string of the molecule is CCCNCc1ccc(OCc2cccs2)c(Cl)c1. The minimum atomic E-state index is 0.574. The third-order valence-electron chi connectivity index (χ3n) is 2.70. The Morgan fingerprint density at radius 3 is 2.89 bits per heavy atom. The Kier molecular flexibility index (Phi) is 5.70. The minimum Gasteiger partial charge on any atom is -0.487 e. The largest absolute Gasteiger partial charge is 0.487 e. The molecule has 2 nitrogen and oxygen atoms in total. The van der Waals surface area contributed by atoms with Crippen LogP contribution in [0.2, 0.25) is 5.02 Å². The fourth-order valence-electron chi connectivity index (χ4n) is 1.72. The first kappa shape index (κ1) is 14.4. The summed E-state index contributed by atoms with van der Waals surface area (Å²) in [5.74, 6) is 0.745. The highest BCUT2D eigenvalue weighted by Gasteiger charge is 2.04. The van der Waals surface area contributed by atoms with Crippen molar-refractivity contribution in [2.45, 2.75) is 26.5 Å². The van der Waals surface area contributed by atoms with E-state index in [1.807, 2.05) is 23.6 Å². The van der Waals surface area contributed by atoms with Gasteiger partial charge in [0.1, 0.15) is 12.4 Å². The van der Waals surface area contributed by atoms with E-state index in [1.54, 1.807) is 11.3 Å². The molecule has 1 N–H and O–H groups in total. The van der Waals surface area contributed by atoms with Crippen molar-refractivity contribution in [1.29, 1.82) is 0 Å². The van der Waals surface area contributed by atoms with Gasteiger partial charge in [-0.2, -0.15) is 0 Å². The Balaban J connectivity index is 1.91.